The molecule has 4 nitrogen and oxygen atoms in total. The smallest absolute Gasteiger partial charge is 0.304 e. The first-order valence-electron chi connectivity index (χ1n) is 5.77. The Kier molecular flexibility index (Phi) is 6.12. The fourth-order valence-corrected chi connectivity index (χ4v) is 2.06. The summed E-state index contributed by atoms with van der Waals surface area (Å²) in [6.45, 7) is 1.90. The number of oxime groups is 1. The number of hydrogen-bond acceptors (Lipinski definition) is 3. The van der Waals surface area contributed by atoms with E-state index in [0.29, 0.717) is 27.7 Å². The fraction of sp³-hybridized carbons (Fsp3) is 0.385. The molecule has 6 heteroatoms. The van der Waals surface area contributed by atoms with Crippen molar-refractivity contribution in [1.82, 2.24) is 0 Å². The van der Waals surface area contributed by atoms with E-state index < -0.39 is 5.97 Å². The Labute approximate surface area is 122 Å². The van der Waals surface area contributed by atoms with Crippen LogP contribution in [0.25, 0.3) is 0 Å². The lowest BCUT2D eigenvalue weighted by Crippen LogP contribution is -2.19. The van der Waals surface area contributed by atoms with Gasteiger partial charge < -0.3 is 9.94 Å². The first kappa shape index (κ1) is 15.8. The van der Waals surface area contributed by atoms with Crippen molar-refractivity contribution < 1.29 is 14.7 Å². The minimum atomic E-state index is -0.879. The standard InChI is InChI=1S/C13H15Cl2NO3/c1-3-8(7-12(17)18)13(16-19-2)9-4-5-10(14)11(15)6-9/h4-6,8H,3,7H2,1-2H3,(H,17,18)/b16-13+. The van der Waals surface area contributed by atoms with Crippen LogP contribution in [-0.2, 0) is 9.63 Å². The molecule has 0 heterocycles. The average Bonchev–Trinajstić information content (AvgIpc) is 2.36. The molecular weight excluding hydrogens is 289 g/mol. The molecule has 0 bridgehead atoms. The van der Waals surface area contributed by atoms with Crippen molar-refractivity contribution in [2.75, 3.05) is 7.11 Å². The van der Waals surface area contributed by atoms with E-state index in [1.165, 1.54) is 7.11 Å². The molecule has 0 radical (unpaired) electrons. The summed E-state index contributed by atoms with van der Waals surface area (Å²) in [6, 6.07) is 5.06. The quantitative estimate of drug-likeness (QED) is 0.641. The molecule has 0 aromatic heterocycles. The van der Waals surface area contributed by atoms with Crippen LogP contribution in [0.2, 0.25) is 10.0 Å². The molecule has 104 valence electrons. The van der Waals surface area contributed by atoms with Gasteiger partial charge in [-0.25, -0.2) is 0 Å². The topological polar surface area (TPSA) is 58.9 Å². The highest BCUT2D eigenvalue weighted by atomic mass is 35.5. The van der Waals surface area contributed by atoms with Crippen molar-refractivity contribution in [3.8, 4) is 0 Å². The zero-order valence-electron chi connectivity index (χ0n) is 10.7. The van der Waals surface area contributed by atoms with Gasteiger partial charge in [0.1, 0.15) is 7.11 Å². The van der Waals surface area contributed by atoms with Gasteiger partial charge in [-0.3, -0.25) is 4.79 Å². The lowest BCUT2D eigenvalue weighted by molar-refractivity contribution is -0.137. The molecule has 1 aromatic carbocycles. The number of carboxylic acids is 1. The number of benzene rings is 1. The molecular formula is C13H15Cl2NO3. The van der Waals surface area contributed by atoms with Crippen LogP contribution in [0.5, 0.6) is 0 Å². The van der Waals surface area contributed by atoms with Gasteiger partial charge in [0.15, 0.2) is 0 Å². The Morgan fingerprint density at radius 3 is 2.58 bits per heavy atom. The van der Waals surface area contributed by atoms with Crippen LogP contribution < -0.4 is 0 Å². The number of rotatable bonds is 6. The molecule has 1 unspecified atom stereocenters. The van der Waals surface area contributed by atoms with Crippen molar-refractivity contribution in [3.05, 3.63) is 33.8 Å². The molecule has 0 aliphatic carbocycles. The highest BCUT2D eigenvalue weighted by molar-refractivity contribution is 6.42. The second-order valence-corrected chi connectivity index (χ2v) is 4.81. The SMILES string of the molecule is CCC(CC(=O)O)/C(=N\OC)c1ccc(Cl)c(Cl)c1. The number of carbonyl (C=O) groups is 1. The fourth-order valence-electron chi connectivity index (χ4n) is 1.76. The van der Waals surface area contributed by atoms with Crippen LogP contribution >= 0.6 is 23.2 Å². The number of hydrogen-bond donors (Lipinski definition) is 1. The van der Waals surface area contributed by atoms with Crippen LogP contribution in [0.1, 0.15) is 25.3 Å². The van der Waals surface area contributed by atoms with Gasteiger partial charge in [-0.1, -0.05) is 41.3 Å². The van der Waals surface area contributed by atoms with E-state index in [0.717, 1.165) is 0 Å². The van der Waals surface area contributed by atoms with Crippen LogP contribution in [0.3, 0.4) is 0 Å². The zero-order valence-corrected chi connectivity index (χ0v) is 12.2. The largest absolute Gasteiger partial charge is 0.481 e. The Balaban J connectivity index is 3.15. The first-order chi connectivity index (χ1) is 8.99. The van der Waals surface area contributed by atoms with Crippen LogP contribution in [0, 0.1) is 5.92 Å². The molecule has 0 fully saturated rings. The Hall–Kier alpha value is -1.26. The summed E-state index contributed by atoms with van der Waals surface area (Å²) in [5.74, 6) is -1.12. The number of carboxylic acid groups (broad SMARTS) is 1. The molecule has 0 amide bonds. The summed E-state index contributed by atoms with van der Waals surface area (Å²) in [6.07, 6.45) is 0.619. The minimum Gasteiger partial charge on any atom is -0.481 e. The molecule has 0 spiro atoms. The van der Waals surface area contributed by atoms with E-state index in [1.807, 2.05) is 6.92 Å². The van der Waals surface area contributed by atoms with E-state index >= 15 is 0 Å². The maximum absolute atomic E-state index is 10.9. The molecule has 0 saturated heterocycles. The van der Waals surface area contributed by atoms with Gasteiger partial charge in [-0.2, -0.15) is 0 Å². The van der Waals surface area contributed by atoms with Gasteiger partial charge in [-0.15, -0.1) is 0 Å². The van der Waals surface area contributed by atoms with Gasteiger partial charge in [0.2, 0.25) is 0 Å². The van der Waals surface area contributed by atoms with Gasteiger partial charge in [0.25, 0.3) is 0 Å². The summed E-state index contributed by atoms with van der Waals surface area (Å²) in [4.78, 5) is 15.7. The first-order valence-corrected chi connectivity index (χ1v) is 6.53. The number of halogens is 2. The summed E-state index contributed by atoms with van der Waals surface area (Å²) >= 11 is 11.8. The summed E-state index contributed by atoms with van der Waals surface area (Å²) in [5.41, 5.74) is 1.27. The van der Waals surface area contributed by atoms with Crippen molar-refractivity contribution in [1.29, 1.82) is 0 Å². The van der Waals surface area contributed by atoms with E-state index in [4.69, 9.17) is 33.1 Å². The van der Waals surface area contributed by atoms with Crippen molar-refractivity contribution in [2.24, 2.45) is 11.1 Å². The van der Waals surface area contributed by atoms with Crippen molar-refractivity contribution in [3.63, 3.8) is 0 Å². The predicted octanol–water partition coefficient (Wildman–Crippen LogP) is 3.84. The van der Waals surface area contributed by atoms with E-state index in [9.17, 15) is 4.79 Å². The van der Waals surface area contributed by atoms with Crippen LogP contribution in [0.15, 0.2) is 23.4 Å². The van der Waals surface area contributed by atoms with Crippen LogP contribution in [0.4, 0.5) is 0 Å². The highest BCUT2D eigenvalue weighted by Crippen LogP contribution is 2.26. The molecule has 1 atom stereocenters. The Morgan fingerprint density at radius 2 is 2.11 bits per heavy atom. The zero-order chi connectivity index (χ0) is 14.4. The van der Waals surface area contributed by atoms with Gasteiger partial charge >= 0.3 is 5.97 Å². The third kappa shape index (κ3) is 4.40. The lowest BCUT2D eigenvalue weighted by atomic mass is 9.91. The summed E-state index contributed by atoms with van der Waals surface area (Å²) < 4.78 is 0. The van der Waals surface area contributed by atoms with E-state index in [1.54, 1.807) is 18.2 Å². The average molecular weight is 304 g/mol. The minimum absolute atomic E-state index is 0.0149. The summed E-state index contributed by atoms with van der Waals surface area (Å²) in [5, 5.41) is 13.7. The van der Waals surface area contributed by atoms with Crippen LogP contribution in [-0.4, -0.2) is 23.9 Å². The molecule has 1 aromatic rings. The molecule has 0 saturated carbocycles. The molecule has 1 N–H and O–H groups in total. The maximum atomic E-state index is 10.9. The molecule has 0 aliphatic heterocycles. The Morgan fingerprint density at radius 1 is 1.42 bits per heavy atom. The number of aliphatic carboxylic acids is 1. The maximum Gasteiger partial charge on any atom is 0.304 e. The van der Waals surface area contributed by atoms with Crippen molar-refractivity contribution >= 4 is 34.9 Å². The van der Waals surface area contributed by atoms with Gasteiger partial charge in [0, 0.05) is 11.5 Å². The normalized spacial score (nSPS) is 13.2. The van der Waals surface area contributed by atoms with E-state index in [-0.39, 0.29) is 12.3 Å². The third-order valence-corrected chi connectivity index (χ3v) is 3.44. The molecule has 0 aliphatic rings. The Bertz CT molecular complexity index is 489. The highest BCUT2D eigenvalue weighted by Gasteiger charge is 2.21. The second kappa shape index (κ2) is 7.36. The van der Waals surface area contributed by atoms with Gasteiger partial charge in [-0.05, 0) is 18.6 Å². The van der Waals surface area contributed by atoms with Gasteiger partial charge in [0.05, 0.1) is 22.2 Å². The molecule has 1 rings (SSSR count). The second-order valence-electron chi connectivity index (χ2n) is 3.99. The lowest BCUT2D eigenvalue weighted by Gasteiger charge is -2.15. The summed E-state index contributed by atoms with van der Waals surface area (Å²) in [7, 11) is 1.42. The molecule has 19 heavy (non-hydrogen) atoms. The van der Waals surface area contributed by atoms with E-state index in [2.05, 4.69) is 5.16 Å². The van der Waals surface area contributed by atoms with Crippen molar-refractivity contribution in [2.45, 2.75) is 19.8 Å². The monoisotopic (exact) mass is 303 g/mol. The third-order valence-electron chi connectivity index (χ3n) is 2.71. The number of nitrogens with zero attached hydrogens (tertiary/aromatic N) is 1. The predicted molar refractivity (Wildman–Crippen MR) is 76.0 cm³/mol.